The molecule has 1 fully saturated rings. The predicted molar refractivity (Wildman–Crippen MR) is 96.1 cm³/mol. The van der Waals surface area contributed by atoms with Gasteiger partial charge in [0.15, 0.2) is 0 Å². The summed E-state index contributed by atoms with van der Waals surface area (Å²) in [5.41, 5.74) is 0.206. The maximum Gasteiger partial charge on any atom is 0.315 e. The monoisotopic (exact) mass is 334 g/mol. The molecule has 24 heavy (non-hydrogen) atoms. The molecule has 0 unspecified atom stereocenters. The number of aliphatic hydroxyl groups is 1. The van der Waals surface area contributed by atoms with Crippen molar-refractivity contribution < 1.29 is 9.90 Å². The molecule has 2 amide bonds. The molecule has 0 atom stereocenters. The van der Waals surface area contributed by atoms with E-state index in [1.807, 2.05) is 26.0 Å². The molecule has 0 radical (unpaired) electrons. The normalized spacial score (nSPS) is 15.2. The van der Waals surface area contributed by atoms with Crippen LogP contribution < -0.4 is 15.5 Å². The summed E-state index contributed by atoms with van der Waals surface area (Å²) in [6.45, 7) is 6.66. The van der Waals surface area contributed by atoms with Gasteiger partial charge in [0.1, 0.15) is 5.82 Å². The molecule has 1 saturated heterocycles. The Balaban J connectivity index is 1.82. The van der Waals surface area contributed by atoms with Crippen molar-refractivity contribution in [3.05, 3.63) is 23.9 Å². The van der Waals surface area contributed by atoms with E-state index in [0.717, 1.165) is 24.5 Å². The van der Waals surface area contributed by atoms with Crippen LogP contribution in [0.1, 0.15) is 51.5 Å². The molecule has 1 aliphatic rings. The van der Waals surface area contributed by atoms with Crippen LogP contribution in [0.5, 0.6) is 0 Å². The maximum absolute atomic E-state index is 11.9. The van der Waals surface area contributed by atoms with Crippen molar-refractivity contribution in [3.8, 4) is 0 Å². The third kappa shape index (κ3) is 5.37. The number of hydrogen-bond acceptors (Lipinski definition) is 4. The predicted octanol–water partition coefficient (Wildman–Crippen LogP) is 2.42. The summed E-state index contributed by atoms with van der Waals surface area (Å²) in [5.74, 6) is 0.987. The van der Waals surface area contributed by atoms with Gasteiger partial charge >= 0.3 is 6.03 Å². The number of carbonyl (C=O) groups excluding carboxylic acids is 1. The van der Waals surface area contributed by atoms with Gasteiger partial charge in [0.2, 0.25) is 0 Å². The SMILES string of the molecule is CCC(O)(CC)CNC(=O)NCc1ccnc(N2CCCCC2)c1. The van der Waals surface area contributed by atoms with Crippen molar-refractivity contribution in [2.45, 2.75) is 58.1 Å². The van der Waals surface area contributed by atoms with Crippen LogP contribution in [-0.2, 0) is 6.54 Å². The summed E-state index contributed by atoms with van der Waals surface area (Å²) in [4.78, 5) is 18.7. The minimum Gasteiger partial charge on any atom is -0.388 e. The minimum atomic E-state index is -0.824. The fourth-order valence-corrected chi connectivity index (χ4v) is 2.86. The number of aromatic nitrogens is 1. The average Bonchev–Trinajstić information content (AvgIpc) is 2.65. The lowest BCUT2D eigenvalue weighted by Gasteiger charge is -2.28. The van der Waals surface area contributed by atoms with Crippen LogP contribution in [0, 0.1) is 0 Å². The number of hydrogen-bond donors (Lipinski definition) is 3. The summed E-state index contributed by atoms with van der Waals surface area (Å²) in [6.07, 6.45) is 6.75. The van der Waals surface area contributed by atoms with E-state index in [0.29, 0.717) is 19.4 Å². The molecule has 1 aromatic rings. The Kier molecular flexibility index (Phi) is 6.85. The smallest absolute Gasteiger partial charge is 0.315 e. The van der Waals surface area contributed by atoms with Gasteiger partial charge in [-0.25, -0.2) is 9.78 Å². The zero-order chi connectivity index (χ0) is 17.4. The van der Waals surface area contributed by atoms with Crippen LogP contribution >= 0.6 is 0 Å². The fourth-order valence-electron chi connectivity index (χ4n) is 2.86. The van der Waals surface area contributed by atoms with Gasteiger partial charge in [-0.05, 0) is 49.8 Å². The Hall–Kier alpha value is -1.82. The molecule has 6 heteroatoms. The molecule has 2 rings (SSSR count). The number of nitrogens with zero attached hydrogens (tertiary/aromatic N) is 2. The van der Waals surface area contributed by atoms with Gasteiger partial charge in [-0.1, -0.05) is 13.8 Å². The quantitative estimate of drug-likeness (QED) is 0.716. The number of urea groups is 1. The molecule has 0 aliphatic carbocycles. The zero-order valence-corrected chi connectivity index (χ0v) is 14.8. The molecule has 0 bridgehead atoms. The third-order valence-corrected chi connectivity index (χ3v) is 4.84. The first kappa shape index (κ1) is 18.5. The Labute approximate surface area is 144 Å². The van der Waals surface area contributed by atoms with Crippen molar-refractivity contribution in [1.29, 1.82) is 0 Å². The number of pyridine rings is 1. The molecule has 2 heterocycles. The average molecular weight is 334 g/mol. The van der Waals surface area contributed by atoms with Gasteiger partial charge in [-0.2, -0.15) is 0 Å². The van der Waals surface area contributed by atoms with E-state index in [2.05, 4.69) is 20.5 Å². The fraction of sp³-hybridized carbons (Fsp3) is 0.667. The zero-order valence-electron chi connectivity index (χ0n) is 14.8. The number of amides is 2. The number of anilines is 1. The molecule has 0 aromatic carbocycles. The molecule has 134 valence electrons. The highest BCUT2D eigenvalue weighted by molar-refractivity contribution is 5.73. The maximum atomic E-state index is 11.9. The second kappa shape index (κ2) is 8.87. The molecular formula is C18H30N4O2. The summed E-state index contributed by atoms with van der Waals surface area (Å²) in [5, 5.41) is 15.8. The van der Waals surface area contributed by atoms with Gasteiger partial charge in [-0.15, -0.1) is 0 Å². The van der Waals surface area contributed by atoms with Crippen molar-refractivity contribution in [2.24, 2.45) is 0 Å². The summed E-state index contributed by atoms with van der Waals surface area (Å²) >= 11 is 0. The Morgan fingerprint density at radius 1 is 1.25 bits per heavy atom. The van der Waals surface area contributed by atoms with Crippen LogP contribution in [0.15, 0.2) is 18.3 Å². The number of nitrogens with one attached hydrogen (secondary N) is 2. The van der Waals surface area contributed by atoms with Gasteiger partial charge in [-0.3, -0.25) is 0 Å². The van der Waals surface area contributed by atoms with Gasteiger partial charge in [0.25, 0.3) is 0 Å². The number of carbonyl (C=O) groups is 1. The highest BCUT2D eigenvalue weighted by atomic mass is 16.3. The van der Waals surface area contributed by atoms with Crippen LogP contribution in [0.25, 0.3) is 0 Å². The molecule has 1 aliphatic heterocycles. The highest BCUT2D eigenvalue weighted by Crippen LogP contribution is 2.18. The van der Waals surface area contributed by atoms with Gasteiger partial charge in [0, 0.05) is 32.4 Å². The van der Waals surface area contributed by atoms with Gasteiger partial charge < -0.3 is 20.6 Å². The van der Waals surface area contributed by atoms with E-state index in [1.54, 1.807) is 6.20 Å². The van der Waals surface area contributed by atoms with Crippen LogP contribution in [-0.4, -0.2) is 41.4 Å². The van der Waals surface area contributed by atoms with E-state index in [9.17, 15) is 9.90 Å². The molecule has 1 aromatic heterocycles. The molecule has 6 nitrogen and oxygen atoms in total. The van der Waals surface area contributed by atoms with E-state index in [1.165, 1.54) is 19.3 Å². The summed E-state index contributed by atoms with van der Waals surface area (Å²) < 4.78 is 0. The first-order valence-electron chi connectivity index (χ1n) is 9.00. The van der Waals surface area contributed by atoms with Crippen LogP contribution in [0.4, 0.5) is 10.6 Å². The van der Waals surface area contributed by atoms with Crippen molar-refractivity contribution in [1.82, 2.24) is 15.6 Å². The first-order chi connectivity index (χ1) is 11.6. The first-order valence-corrected chi connectivity index (χ1v) is 9.00. The highest BCUT2D eigenvalue weighted by Gasteiger charge is 2.22. The summed E-state index contributed by atoms with van der Waals surface area (Å²) in [7, 11) is 0. The third-order valence-electron chi connectivity index (χ3n) is 4.84. The number of piperidine rings is 1. The molecular weight excluding hydrogens is 304 g/mol. The number of rotatable bonds is 7. The van der Waals surface area contributed by atoms with E-state index < -0.39 is 5.60 Å². The van der Waals surface area contributed by atoms with E-state index in [4.69, 9.17) is 0 Å². The standard InChI is InChI=1S/C18H30N4O2/c1-3-18(24,4-2)14-21-17(23)20-13-15-8-9-19-16(12-15)22-10-6-5-7-11-22/h8-9,12,24H,3-7,10-11,13-14H2,1-2H3,(H2,20,21,23). The summed E-state index contributed by atoms with van der Waals surface area (Å²) in [6, 6.07) is 3.70. The lowest BCUT2D eigenvalue weighted by Crippen LogP contribution is -2.45. The van der Waals surface area contributed by atoms with E-state index in [-0.39, 0.29) is 12.6 Å². The largest absolute Gasteiger partial charge is 0.388 e. The molecule has 0 saturated carbocycles. The minimum absolute atomic E-state index is 0.258. The van der Waals surface area contributed by atoms with Crippen LogP contribution in [0.3, 0.4) is 0 Å². The lowest BCUT2D eigenvalue weighted by atomic mass is 9.98. The van der Waals surface area contributed by atoms with Crippen molar-refractivity contribution in [2.75, 3.05) is 24.5 Å². The Morgan fingerprint density at radius 3 is 2.62 bits per heavy atom. The lowest BCUT2D eigenvalue weighted by molar-refractivity contribution is 0.0349. The van der Waals surface area contributed by atoms with Crippen molar-refractivity contribution >= 4 is 11.8 Å². The Bertz CT molecular complexity index is 526. The second-order valence-electron chi connectivity index (χ2n) is 6.54. The molecule has 0 spiro atoms. The van der Waals surface area contributed by atoms with E-state index >= 15 is 0 Å². The van der Waals surface area contributed by atoms with Crippen LogP contribution in [0.2, 0.25) is 0 Å². The molecule has 3 N–H and O–H groups in total. The topological polar surface area (TPSA) is 77.5 Å². The second-order valence-corrected chi connectivity index (χ2v) is 6.54. The Morgan fingerprint density at radius 2 is 1.96 bits per heavy atom. The van der Waals surface area contributed by atoms with Crippen molar-refractivity contribution in [3.63, 3.8) is 0 Å². The van der Waals surface area contributed by atoms with Gasteiger partial charge in [0.05, 0.1) is 5.60 Å².